The largest absolute Gasteiger partial charge is 0.503 e. The van der Waals surface area contributed by atoms with Crippen LogP contribution in [0.2, 0.25) is 0 Å². The Balaban J connectivity index is 2.45. The van der Waals surface area contributed by atoms with Crippen LogP contribution < -0.4 is 11.6 Å². The number of rotatable bonds is 2. The second kappa shape index (κ2) is 5.11. The van der Waals surface area contributed by atoms with E-state index in [-0.39, 0.29) is 11.1 Å². The quantitative estimate of drug-likeness (QED) is 0.162. The molecule has 3 rings (SSSR count). The summed E-state index contributed by atoms with van der Waals surface area (Å²) in [6.45, 7) is 0. The summed E-state index contributed by atoms with van der Waals surface area (Å²) in [5.41, 5.74) is 3.96. The highest BCUT2D eigenvalue weighted by Crippen LogP contribution is 2.47. The lowest BCUT2D eigenvalue weighted by Gasteiger charge is -2.20. The van der Waals surface area contributed by atoms with Crippen molar-refractivity contribution in [2.75, 3.05) is 5.73 Å². The van der Waals surface area contributed by atoms with Crippen LogP contribution in [0.5, 0.6) is 11.5 Å². The number of phenols is 2. The maximum atomic E-state index is 12.6. The first-order chi connectivity index (χ1) is 11.2. The van der Waals surface area contributed by atoms with Gasteiger partial charge in [0.05, 0.1) is 25.7 Å². The van der Waals surface area contributed by atoms with Crippen LogP contribution in [-0.4, -0.2) is 21.8 Å². The van der Waals surface area contributed by atoms with E-state index < -0.39 is 55.3 Å². The summed E-state index contributed by atoms with van der Waals surface area (Å²) in [6.07, 6.45) is 0. The third-order valence-electron chi connectivity index (χ3n) is 3.72. The van der Waals surface area contributed by atoms with Crippen molar-refractivity contribution in [1.82, 2.24) is 0 Å². The van der Waals surface area contributed by atoms with Gasteiger partial charge in [0.15, 0.2) is 17.3 Å². The minimum atomic E-state index is -4.69. The van der Waals surface area contributed by atoms with Crippen LogP contribution in [0, 0.1) is 0 Å². The molecule has 9 nitrogen and oxygen atoms in total. The van der Waals surface area contributed by atoms with Gasteiger partial charge in [0.25, 0.3) is 0 Å². The van der Waals surface area contributed by atoms with Gasteiger partial charge in [-0.15, -0.1) is 0 Å². The molecule has 1 atom stereocenters. The summed E-state index contributed by atoms with van der Waals surface area (Å²) in [4.78, 5) is 24.1. The molecule has 2 aromatic carbocycles. The first kappa shape index (κ1) is 16.1. The van der Waals surface area contributed by atoms with Gasteiger partial charge in [0, 0.05) is 11.1 Å². The smallest absolute Gasteiger partial charge is 0.490 e. The maximum absolute atomic E-state index is 12.6. The summed E-state index contributed by atoms with van der Waals surface area (Å²) in [7, 11) is -4.69. The van der Waals surface area contributed by atoms with E-state index in [1.807, 2.05) is 0 Å². The van der Waals surface area contributed by atoms with E-state index in [2.05, 4.69) is 10.2 Å². The summed E-state index contributed by atoms with van der Waals surface area (Å²) < 4.78 is 27.7. The topological polar surface area (TPSA) is 174 Å². The van der Waals surface area contributed by atoms with Gasteiger partial charge >= 0.3 is 15.4 Å². The van der Waals surface area contributed by atoms with E-state index >= 15 is 0 Å². The number of phenolic OH excluding ortho intramolecular Hbond substituents is 2. The predicted molar refractivity (Wildman–Crippen MR) is 78.5 cm³/mol. The zero-order chi connectivity index (χ0) is 17.8. The number of hydrogen-bond acceptors (Lipinski definition) is 7. The second-order valence-corrected chi connectivity index (χ2v) is 6.52. The Morgan fingerprint density at radius 1 is 1.00 bits per heavy atom. The molecule has 0 amide bonds. The van der Waals surface area contributed by atoms with Crippen LogP contribution in [0.25, 0.3) is 0 Å². The van der Waals surface area contributed by atoms with E-state index in [9.17, 15) is 28.6 Å². The molecule has 1 radical (unpaired) electrons. The van der Waals surface area contributed by atoms with Crippen molar-refractivity contribution >= 4 is 27.7 Å². The molecule has 0 aromatic heterocycles. The molecule has 1 aliphatic carbocycles. The number of benzene rings is 2. The van der Waals surface area contributed by atoms with Crippen LogP contribution in [0.15, 0.2) is 29.2 Å². The Morgan fingerprint density at radius 3 is 2.00 bits per heavy atom. The van der Waals surface area contributed by atoms with Crippen molar-refractivity contribution < 1.29 is 38.7 Å². The number of nitrogen functional groups attached to an aromatic ring is 1. The number of aromatic hydroxyl groups is 2. The molecular weight excluding hydrogens is 340 g/mol. The Hall–Kier alpha value is -2.79. The summed E-state index contributed by atoms with van der Waals surface area (Å²) in [6, 6.07) is 5.77. The fourth-order valence-electron chi connectivity index (χ4n) is 2.62. The normalized spacial score (nSPS) is 15.6. The van der Waals surface area contributed by atoms with Gasteiger partial charge in [-0.25, -0.2) is 0 Å². The zero-order valence-electron chi connectivity index (χ0n) is 11.9. The SMILES string of the molecule is Nc1c(O)c([S+]([O])(=O)O[NH3+])c(O)c2c1C(=O)c1ccccc1C2=O. The lowest BCUT2D eigenvalue weighted by atomic mass is 9.82. The van der Waals surface area contributed by atoms with Crippen molar-refractivity contribution in [2.24, 2.45) is 0 Å². The fourth-order valence-corrected chi connectivity index (χ4v) is 3.42. The highest BCUT2D eigenvalue weighted by molar-refractivity contribution is 7.93. The van der Waals surface area contributed by atoms with E-state index in [1.54, 1.807) is 0 Å². The van der Waals surface area contributed by atoms with Gasteiger partial charge in [0.1, 0.15) is 0 Å². The van der Waals surface area contributed by atoms with Crippen molar-refractivity contribution in [3.63, 3.8) is 0 Å². The molecule has 10 heteroatoms. The van der Waals surface area contributed by atoms with Gasteiger partial charge in [0.2, 0.25) is 5.75 Å². The first-order valence-electron chi connectivity index (χ1n) is 6.46. The minimum absolute atomic E-state index is 0.0192. The summed E-state index contributed by atoms with van der Waals surface area (Å²) in [5.74, 6) is -1.00. The maximum Gasteiger partial charge on any atom is 0.490 e. The van der Waals surface area contributed by atoms with Crippen LogP contribution in [0.1, 0.15) is 31.8 Å². The van der Waals surface area contributed by atoms with E-state index in [4.69, 9.17) is 5.73 Å². The standard InChI is InChI=1S/C14H10N2O7S/c15-9-7-8(12(19)14(13(9)20)24(21,22)23-16)11(18)6-4-2-1-3-5(6)10(7)17/h1-4H,16H3,(H3-,15,17,18,19,20,21)/q+1/p+1. The van der Waals surface area contributed by atoms with Gasteiger partial charge in [-0.1, -0.05) is 24.3 Å². The average molecular weight is 351 g/mol. The number of fused-ring (bicyclic) bond motifs is 2. The first-order valence-corrected chi connectivity index (χ1v) is 7.87. The van der Waals surface area contributed by atoms with Crippen LogP contribution in [0.4, 0.5) is 5.69 Å². The lowest BCUT2D eigenvalue weighted by molar-refractivity contribution is -0.637. The molecule has 2 aromatic rings. The van der Waals surface area contributed by atoms with Gasteiger partial charge in [-0.3, -0.25) is 9.59 Å². The van der Waals surface area contributed by atoms with E-state index in [1.165, 1.54) is 24.3 Å². The molecule has 0 bridgehead atoms. The fraction of sp³-hybridized carbons (Fsp3) is 0. The third kappa shape index (κ3) is 1.95. The Labute approximate surface area is 135 Å². The number of hydrogen-bond donors (Lipinski definition) is 4. The van der Waals surface area contributed by atoms with Crippen molar-refractivity contribution in [1.29, 1.82) is 0 Å². The van der Waals surface area contributed by atoms with Gasteiger partial charge < -0.3 is 15.9 Å². The van der Waals surface area contributed by atoms with E-state index in [0.717, 1.165) is 0 Å². The number of ketones is 2. The van der Waals surface area contributed by atoms with Crippen LogP contribution in [-0.2, 0) is 23.5 Å². The third-order valence-corrected chi connectivity index (χ3v) is 4.91. The van der Waals surface area contributed by atoms with Gasteiger partial charge in [-0.2, -0.15) is 5.90 Å². The second-order valence-electron chi connectivity index (χ2n) is 4.97. The van der Waals surface area contributed by atoms with Crippen LogP contribution >= 0.6 is 0 Å². The molecular formula is C14H11N2O7S+2. The number of carbonyl (C=O) groups excluding carboxylic acids is 2. The molecule has 1 unspecified atom stereocenters. The molecule has 0 heterocycles. The van der Waals surface area contributed by atoms with Crippen molar-refractivity contribution in [3.8, 4) is 11.5 Å². The lowest BCUT2D eigenvalue weighted by Crippen LogP contribution is -2.52. The average Bonchev–Trinajstić information content (AvgIpc) is 2.56. The van der Waals surface area contributed by atoms with Gasteiger partial charge in [-0.05, 0) is 4.21 Å². The molecule has 0 saturated heterocycles. The Morgan fingerprint density at radius 2 is 1.50 bits per heavy atom. The Bertz CT molecular complexity index is 970. The number of nitrogens with two attached hydrogens (primary N) is 1. The van der Waals surface area contributed by atoms with Crippen LogP contribution in [0.3, 0.4) is 0 Å². The van der Waals surface area contributed by atoms with Crippen molar-refractivity contribution in [3.05, 3.63) is 46.5 Å². The molecule has 24 heavy (non-hydrogen) atoms. The van der Waals surface area contributed by atoms with E-state index in [0.29, 0.717) is 0 Å². The molecule has 0 saturated carbocycles. The minimum Gasteiger partial charge on any atom is -0.503 e. The number of carbonyl (C=O) groups is 2. The zero-order valence-corrected chi connectivity index (χ0v) is 12.8. The monoisotopic (exact) mass is 351 g/mol. The highest BCUT2D eigenvalue weighted by Gasteiger charge is 2.49. The molecule has 0 spiro atoms. The highest BCUT2D eigenvalue weighted by atomic mass is 32.3. The molecule has 7 N–H and O–H groups in total. The molecule has 123 valence electrons. The molecule has 0 aliphatic heterocycles. The molecule has 0 fully saturated rings. The Kier molecular flexibility index (Phi) is 3.42. The molecule has 1 aliphatic rings. The van der Waals surface area contributed by atoms with Crippen molar-refractivity contribution in [2.45, 2.75) is 4.90 Å². The summed E-state index contributed by atoms with van der Waals surface area (Å²) in [5, 5.41) is 20.3. The number of anilines is 1. The predicted octanol–water partition coefficient (Wildman–Crippen LogP) is -0.252. The number of quaternary nitrogens is 1. The summed E-state index contributed by atoms with van der Waals surface area (Å²) >= 11 is 0.